The van der Waals surface area contributed by atoms with E-state index in [1.165, 1.54) is 17.2 Å². The number of nitrogen functional groups attached to an aromatic ring is 2. The van der Waals surface area contributed by atoms with Gasteiger partial charge in [0.25, 0.3) is 5.56 Å². The van der Waals surface area contributed by atoms with Crippen molar-refractivity contribution >= 4 is 49.3 Å². The number of anilines is 2. The highest BCUT2D eigenvalue weighted by Crippen LogP contribution is 2.62. The molecule has 27 heteroatoms. The van der Waals surface area contributed by atoms with Crippen LogP contribution >= 0.6 is 15.2 Å². The Balaban J connectivity index is 0.000000198. The number of hydrogen-bond acceptors (Lipinski definition) is 18. The maximum absolute atomic E-state index is 11.9. The first-order chi connectivity index (χ1) is 21.8. The predicted molar refractivity (Wildman–Crippen MR) is 150 cm³/mol. The molecule has 25 nitrogen and oxygen atoms in total. The number of aromatic amines is 1. The van der Waals surface area contributed by atoms with Crippen LogP contribution in [-0.4, -0.2) is 138 Å². The minimum Gasteiger partial charge on any atom is -0.394 e. The van der Waals surface area contributed by atoms with E-state index in [9.17, 15) is 49.2 Å². The van der Waals surface area contributed by atoms with E-state index < -0.39 is 93.1 Å². The summed E-state index contributed by atoms with van der Waals surface area (Å²) in [5.74, 6) is -2.94. The Morgan fingerprint density at radius 3 is 2.19 bits per heavy atom. The zero-order valence-electron chi connectivity index (χ0n) is 23.3. The highest BCUT2D eigenvalue weighted by Gasteiger charge is 2.69. The molecule has 0 bridgehead atoms. The Labute approximate surface area is 259 Å². The molecular formula is C20H28N10O15P2. The van der Waals surface area contributed by atoms with Gasteiger partial charge < -0.3 is 71.2 Å². The van der Waals surface area contributed by atoms with E-state index in [1.807, 2.05) is 0 Å². The molecule has 2 aliphatic heterocycles. The molecule has 0 amide bonds. The third-order valence-corrected chi connectivity index (χ3v) is 9.78. The first-order valence-corrected chi connectivity index (χ1v) is 16.2. The molecule has 0 saturated carbocycles. The first kappa shape index (κ1) is 34.8. The van der Waals surface area contributed by atoms with Crippen molar-refractivity contribution in [3.8, 4) is 0 Å². The van der Waals surface area contributed by atoms with Crippen LogP contribution in [0.3, 0.4) is 0 Å². The molecule has 4 aromatic heterocycles. The zero-order valence-corrected chi connectivity index (χ0v) is 25.0. The molecule has 2 saturated heterocycles. The van der Waals surface area contributed by atoms with E-state index >= 15 is 0 Å². The highest BCUT2D eigenvalue weighted by atomic mass is 31.2. The molecule has 6 heterocycles. The van der Waals surface area contributed by atoms with Crippen LogP contribution in [0, 0.1) is 0 Å². The molecule has 2 aliphatic rings. The number of hydrogen-bond donors (Lipinski definition) is 13. The number of nitrogens with zero attached hydrogens (tertiary/aromatic N) is 7. The van der Waals surface area contributed by atoms with Gasteiger partial charge in [-0.15, -0.1) is 0 Å². The number of ether oxygens (including phenoxy) is 2. The molecule has 47 heavy (non-hydrogen) atoms. The molecular weight excluding hydrogens is 682 g/mol. The lowest BCUT2D eigenvalue weighted by molar-refractivity contribution is -0.0765. The summed E-state index contributed by atoms with van der Waals surface area (Å²) in [5, 5.41) is 55.8. The number of aliphatic hydroxyl groups is 6. The summed E-state index contributed by atoms with van der Waals surface area (Å²) >= 11 is 0. The SMILES string of the molecule is Nc1nc2c(ncn2[C@@H]2O[C@H](C(O)P(=O)(O)O)[C@@H](O)[C@]2(O)P(=O)(O)O)c(=O)[nH]1.Nc1ncnc2c1ncn2[C@@H]1O[C@H](CO)[C@@H](O)[C@H]1O. The standard InChI is InChI=1S/C10H15N5O11P2.C10H13N5O4/c11-9-13-5-2(6(17)14-9)12-1-15(5)8-10(19,28(23,24)25)4(16)3(26-8)7(18)27(20,21)22;11-8-5-9(13-2-12-8)15(3-14-5)10-7(18)6(17)4(1-16)19-10/h1,3-4,7-8,16,18-19H,(H2,20,21,22)(H2,23,24,25)(H3,11,13,14,17);2-4,6-7,10,16-18H,1H2,(H2,11,12,13)/t3-,4+,7?,8+,10-;4-,6-,7-,10-/m01/s1. The molecule has 9 atom stereocenters. The van der Waals surface area contributed by atoms with Crippen LogP contribution in [0.4, 0.5) is 11.8 Å². The molecule has 6 rings (SSSR count). The number of nitrogens with two attached hydrogens (primary N) is 2. The summed E-state index contributed by atoms with van der Waals surface area (Å²) in [6.07, 6.45) is -7.88. The lowest BCUT2D eigenvalue weighted by atomic mass is 10.1. The van der Waals surface area contributed by atoms with Gasteiger partial charge >= 0.3 is 15.2 Å². The van der Waals surface area contributed by atoms with Crippen molar-refractivity contribution in [1.29, 1.82) is 0 Å². The predicted octanol–water partition coefficient (Wildman–Crippen LogP) is -5.66. The number of fused-ring (bicyclic) bond motifs is 2. The number of rotatable bonds is 6. The maximum atomic E-state index is 11.9. The van der Waals surface area contributed by atoms with Crippen molar-refractivity contribution in [2.24, 2.45) is 0 Å². The topological polar surface area (TPSA) is 414 Å². The van der Waals surface area contributed by atoms with Gasteiger partial charge in [-0.1, -0.05) is 0 Å². The van der Waals surface area contributed by atoms with Crippen LogP contribution in [0.2, 0.25) is 0 Å². The normalized spacial score (nSPS) is 30.5. The average molecular weight is 710 g/mol. The number of imidazole rings is 2. The molecule has 1 unspecified atom stereocenters. The lowest BCUT2D eigenvalue weighted by Crippen LogP contribution is -2.48. The summed E-state index contributed by atoms with van der Waals surface area (Å²) in [4.78, 5) is 70.6. The summed E-state index contributed by atoms with van der Waals surface area (Å²) in [6, 6.07) is 0. The van der Waals surface area contributed by atoms with Crippen molar-refractivity contribution in [3.63, 3.8) is 0 Å². The van der Waals surface area contributed by atoms with Gasteiger partial charge in [-0.2, -0.15) is 4.98 Å². The van der Waals surface area contributed by atoms with Gasteiger partial charge in [0.05, 0.1) is 19.3 Å². The minimum absolute atomic E-state index is 0.218. The lowest BCUT2D eigenvalue weighted by Gasteiger charge is -2.31. The number of aromatic nitrogens is 8. The van der Waals surface area contributed by atoms with Gasteiger partial charge in [0.15, 0.2) is 40.9 Å². The minimum atomic E-state index is -5.69. The van der Waals surface area contributed by atoms with Crippen LogP contribution in [0.1, 0.15) is 12.5 Å². The van der Waals surface area contributed by atoms with Gasteiger partial charge in [-0.05, 0) is 0 Å². The fourth-order valence-corrected chi connectivity index (χ4v) is 6.58. The second-order valence-electron chi connectivity index (χ2n) is 10.3. The summed E-state index contributed by atoms with van der Waals surface area (Å²) < 4.78 is 35.8. The quantitative estimate of drug-likeness (QED) is 0.0829. The summed E-state index contributed by atoms with van der Waals surface area (Å²) in [5.41, 5.74) is 10.2. The number of nitrogens with one attached hydrogen (secondary N) is 1. The summed E-state index contributed by atoms with van der Waals surface area (Å²) in [6.45, 7) is -0.390. The fourth-order valence-electron chi connectivity index (χ4n) is 5.00. The fraction of sp³-hybridized carbons (Fsp3) is 0.500. The van der Waals surface area contributed by atoms with Crippen LogP contribution in [0.15, 0.2) is 23.8 Å². The number of aliphatic hydroxyl groups excluding tert-OH is 5. The molecule has 15 N–H and O–H groups in total. The van der Waals surface area contributed by atoms with Gasteiger partial charge in [-0.25, -0.2) is 19.9 Å². The molecule has 2 fully saturated rings. The van der Waals surface area contributed by atoms with E-state index in [2.05, 4.69) is 29.9 Å². The Morgan fingerprint density at radius 1 is 0.957 bits per heavy atom. The van der Waals surface area contributed by atoms with Crippen LogP contribution in [0.5, 0.6) is 0 Å². The number of H-pyrrole nitrogens is 1. The van der Waals surface area contributed by atoms with Crippen LogP contribution < -0.4 is 17.0 Å². The average Bonchev–Trinajstić information content (AvgIpc) is 3.73. The third kappa shape index (κ3) is 5.81. The van der Waals surface area contributed by atoms with E-state index in [4.69, 9.17) is 35.8 Å². The Hall–Kier alpha value is -3.52. The Bertz CT molecular complexity index is 1940. The van der Waals surface area contributed by atoms with E-state index in [0.29, 0.717) is 15.7 Å². The van der Waals surface area contributed by atoms with Gasteiger partial charge in [-0.3, -0.25) is 28.0 Å². The molecule has 0 radical (unpaired) electrons. The monoisotopic (exact) mass is 710 g/mol. The summed E-state index contributed by atoms with van der Waals surface area (Å²) in [7, 11) is -11.0. The van der Waals surface area contributed by atoms with Crippen molar-refractivity contribution in [2.45, 2.75) is 54.2 Å². The molecule has 0 aromatic carbocycles. The van der Waals surface area contributed by atoms with Crippen molar-refractivity contribution in [1.82, 2.24) is 39.0 Å². The van der Waals surface area contributed by atoms with E-state index in [-0.39, 0.29) is 11.3 Å². The van der Waals surface area contributed by atoms with Gasteiger partial charge in [0, 0.05) is 0 Å². The third-order valence-electron chi connectivity index (χ3n) is 7.38. The molecule has 258 valence electrons. The highest BCUT2D eigenvalue weighted by molar-refractivity contribution is 7.53. The van der Waals surface area contributed by atoms with Crippen molar-refractivity contribution < 1.29 is 68.8 Å². The molecule has 0 aliphatic carbocycles. The van der Waals surface area contributed by atoms with E-state index in [0.717, 1.165) is 6.33 Å². The maximum Gasteiger partial charge on any atom is 0.364 e. The van der Waals surface area contributed by atoms with Crippen LogP contribution in [-0.2, 0) is 18.6 Å². The van der Waals surface area contributed by atoms with E-state index in [1.54, 1.807) is 0 Å². The second kappa shape index (κ2) is 12.2. The molecule has 4 aromatic rings. The Morgan fingerprint density at radius 2 is 1.60 bits per heavy atom. The first-order valence-electron chi connectivity index (χ1n) is 13.0. The van der Waals surface area contributed by atoms with Crippen LogP contribution in [0.25, 0.3) is 22.3 Å². The van der Waals surface area contributed by atoms with Gasteiger partial charge in [0.2, 0.25) is 11.3 Å². The van der Waals surface area contributed by atoms with Gasteiger partial charge in [0.1, 0.15) is 42.4 Å². The Kier molecular flexibility index (Phi) is 9.02. The zero-order chi connectivity index (χ0) is 34.8. The van der Waals surface area contributed by atoms with Crippen molar-refractivity contribution in [2.75, 3.05) is 18.1 Å². The second-order valence-corrected chi connectivity index (χ2v) is 13.8. The molecule has 0 spiro atoms. The largest absolute Gasteiger partial charge is 0.394 e. The smallest absolute Gasteiger partial charge is 0.364 e. The van der Waals surface area contributed by atoms with Crippen molar-refractivity contribution in [3.05, 3.63) is 29.3 Å².